The lowest BCUT2D eigenvalue weighted by Crippen LogP contribution is -2.31. The van der Waals surface area contributed by atoms with Gasteiger partial charge in [0.2, 0.25) is 0 Å². The first-order chi connectivity index (χ1) is 10.3. The van der Waals surface area contributed by atoms with Crippen molar-refractivity contribution in [2.24, 2.45) is 0 Å². The molecule has 0 saturated carbocycles. The molecule has 1 aromatic carbocycles. The molecule has 0 N–H and O–H groups in total. The maximum absolute atomic E-state index is 5.31. The number of aryl methyl sites for hydroxylation is 1. The van der Waals surface area contributed by atoms with E-state index in [0.717, 1.165) is 18.7 Å². The highest BCUT2D eigenvalue weighted by atomic mass is 35.5. The number of thiophene rings is 1. The third-order valence-corrected chi connectivity index (χ3v) is 5.17. The maximum Gasteiger partial charge on any atom is 0.119 e. The van der Waals surface area contributed by atoms with Gasteiger partial charge >= 0.3 is 0 Å². The molecule has 1 aliphatic heterocycles. The Hall–Kier alpha value is -1.03. The molecule has 2 nitrogen and oxygen atoms in total. The molecule has 22 heavy (non-hydrogen) atoms. The summed E-state index contributed by atoms with van der Waals surface area (Å²) in [7, 11) is 1.74. The minimum atomic E-state index is 0. The van der Waals surface area contributed by atoms with Crippen LogP contribution in [-0.2, 0) is 19.4 Å². The molecule has 2 aromatic rings. The standard InChI is InChI=1S/C18H23NOS.ClH/c1-20-17-8-7-16-14-19(11-9-15(16)13-17)10-3-2-5-18-6-4-12-21-18;/h4,6-8,12-13H,2-3,5,9-11,14H2,1H3;1H. The van der Waals surface area contributed by atoms with Gasteiger partial charge in [-0.25, -0.2) is 0 Å². The van der Waals surface area contributed by atoms with E-state index in [1.807, 2.05) is 11.3 Å². The minimum Gasteiger partial charge on any atom is -0.497 e. The highest BCUT2D eigenvalue weighted by molar-refractivity contribution is 7.09. The molecule has 2 heterocycles. The molecular weight excluding hydrogens is 314 g/mol. The van der Waals surface area contributed by atoms with Crippen molar-refractivity contribution < 1.29 is 4.74 Å². The lowest BCUT2D eigenvalue weighted by atomic mass is 9.99. The van der Waals surface area contributed by atoms with Gasteiger partial charge in [0.15, 0.2) is 0 Å². The van der Waals surface area contributed by atoms with Crippen LogP contribution in [0.5, 0.6) is 5.75 Å². The van der Waals surface area contributed by atoms with E-state index >= 15 is 0 Å². The predicted molar refractivity (Wildman–Crippen MR) is 96.5 cm³/mol. The zero-order valence-electron chi connectivity index (χ0n) is 13.1. The number of ether oxygens (including phenoxy) is 1. The van der Waals surface area contributed by atoms with Crippen molar-refractivity contribution in [2.75, 3.05) is 20.2 Å². The van der Waals surface area contributed by atoms with Crippen molar-refractivity contribution in [3.63, 3.8) is 0 Å². The van der Waals surface area contributed by atoms with Gasteiger partial charge in [0, 0.05) is 18.0 Å². The van der Waals surface area contributed by atoms with Crippen molar-refractivity contribution in [3.05, 3.63) is 51.7 Å². The lowest BCUT2D eigenvalue weighted by molar-refractivity contribution is 0.249. The van der Waals surface area contributed by atoms with Crippen molar-refractivity contribution in [1.82, 2.24) is 4.90 Å². The fourth-order valence-corrected chi connectivity index (χ4v) is 3.75. The Bertz CT molecular complexity index is 570. The molecule has 3 rings (SSSR count). The number of fused-ring (bicyclic) bond motifs is 1. The van der Waals surface area contributed by atoms with Crippen LogP contribution in [0.3, 0.4) is 0 Å². The second kappa shape index (κ2) is 8.56. The molecule has 120 valence electrons. The largest absolute Gasteiger partial charge is 0.497 e. The molecule has 0 radical (unpaired) electrons. The van der Waals surface area contributed by atoms with Crippen LogP contribution in [0.4, 0.5) is 0 Å². The summed E-state index contributed by atoms with van der Waals surface area (Å²) >= 11 is 1.88. The summed E-state index contributed by atoms with van der Waals surface area (Å²) < 4.78 is 5.31. The van der Waals surface area contributed by atoms with Crippen LogP contribution >= 0.6 is 23.7 Å². The van der Waals surface area contributed by atoms with Gasteiger partial charge in [0.1, 0.15) is 5.75 Å². The van der Waals surface area contributed by atoms with Crippen LogP contribution in [0.2, 0.25) is 0 Å². The smallest absolute Gasteiger partial charge is 0.119 e. The molecular formula is C18H24ClNOS. The summed E-state index contributed by atoms with van der Waals surface area (Å²) in [4.78, 5) is 4.11. The average Bonchev–Trinajstić information content (AvgIpc) is 3.04. The Morgan fingerprint density at radius 1 is 1.18 bits per heavy atom. The predicted octanol–water partition coefficient (Wildman–Crippen LogP) is 4.56. The van der Waals surface area contributed by atoms with Gasteiger partial charge in [-0.15, -0.1) is 23.7 Å². The third kappa shape index (κ3) is 4.48. The number of benzene rings is 1. The molecule has 0 atom stereocenters. The quantitative estimate of drug-likeness (QED) is 0.716. The monoisotopic (exact) mass is 337 g/mol. The zero-order valence-corrected chi connectivity index (χ0v) is 14.7. The van der Waals surface area contributed by atoms with Gasteiger partial charge in [-0.1, -0.05) is 12.1 Å². The normalized spacial score (nSPS) is 14.2. The van der Waals surface area contributed by atoms with Crippen molar-refractivity contribution in [1.29, 1.82) is 0 Å². The first-order valence-electron chi connectivity index (χ1n) is 7.75. The van der Waals surface area contributed by atoms with Crippen molar-refractivity contribution >= 4 is 23.7 Å². The van der Waals surface area contributed by atoms with E-state index < -0.39 is 0 Å². The summed E-state index contributed by atoms with van der Waals surface area (Å²) in [5.41, 5.74) is 2.93. The van der Waals surface area contributed by atoms with Gasteiger partial charge < -0.3 is 4.74 Å². The van der Waals surface area contributed by atoms with Crippen LogP contribution in [0, 0.1) is 0 Å². The first kappa shape index (κ1) is 17.3. The number of hydrogen-bond acceptors (Lipinski definition) is 3. The van der Waals surface area contributed by atoms with Crippen LogP contribution in [-0.4, -0.2) is 25.1 Å². The molecule has 0 unspecified atom stereocenters. The first-order valence-corrected chi connectivity index (χ1v) is 8.63. The molecule has 0 fully saturated rings. The van der Waals surface area contributed by atoms with E-state index in [1.54, 1.807) is 7.11 Å². The molecule has 0 bridgehead atoms. The second-order valence-electron chi connectivity index (χ2n) is 5.70. The summed E-state index contributed by atoms with van der Waals surface area (Å²) in [6.07, 6.45) is 4.98. The fourth-order valence-electron chi connectivity index (χ4n) is 3.00. The Morgan fingerprint density at radius 3 is 2.86 bits per heavy atom. The molecule has 1 aliphatic rings. The van der Waals surface area contributed by atoms with Gasteiger partial charge in [-0.05, 0) is 66.9 Å². The summed E-state index contributed by atoms with van der Waals surface area (Å²) in [6, 6.07) is 10.9. The van der Waals surface area contributed by atoms with E-state index in [-0.39, 0.29) is 12.4 Å². The van der Waals surface area contributed by atoms with Gasteiger partial charge in [0.05, 0.1) is 7.11 Å². The molecule has 4 heteroatoms. The number of methoxy groups -OCH3 is 1. The van der Waals surface area contributed by atoms with Gasteiger partial charge in [-0.2, -0.15) is 0 Å². The number of halogens is 1. The van der Waals surface area contributed by atoms with Crippen LogP contribution in [0.25, 0.3) is 0 Å². The summed E-state index contributed by atoms with van der Waals surface area (Å²) in [5, 5.41) is 2.17. The Balaban J connectivity index is 0.00000176. The van der Waals surface area contributed by atoms with Crippen molar-refractivity contribution in [2.45, 2.75) is 32.2 Å². The molecule has 1 aromatic heterocycles. The van der Waals surface area contributed by atoms with Crippen LogP contribution in [0.15, 0.2) is 35.7 Å². The van der Waals surface area contributed by atoms with E-state index in [0.29, 0.717) is 0 Å². The number of rotatable bonds is 6. The summed E-state index contributed by atoms with van der Waals surface area (Å²) in [6.45, 7) is 3.49. The van der Waals surface area contributed by atoms with E-state index in [2.05, 4.69) is 40.6 Å². The maximum atomic E-state index is 5.31. The third-order valence-electron chi connectivity index (χ3n) is 4.23. The zero-order chi connectivity index (χ0) is 14.5. The molecule has 0 amide bonds. The van der Waals surface area contributed by atoms with E-state index in [4.69, 9.17) is 4.74 Å². The van der Waals surface area contributed by atoms with Gasteiger partial charge in [0.25, 0.3) is 0 Å². The second-order valence-corrected chi connectivity index (χ2v) is 6.73. The topological polar surface area (TPSA) is 12.5 Å². The fraction of sp³-hybridized carbons (Fsp3) is 0.444. The molecule has 0 aliphatic carbocycles. The van der Waals surface area contributed by atoms with Crippen molar-refractivity contribution in [3.8, 4) is 5.75 Å². The molecule has 0 saturated heterocycles. The Labute approximate surface area is 143 Å². The summed E-state index contributed by atoms with van der Waals surface area (Å²) in [5.74, 6) is 0.984. The lowest BCUT2D eigenvalue weighted by Gasteiger charge is -2.29. The van der Waals surface area contributed by atoms with E-state index in [9.17, 15) is 0 Å². The highest BCUT2D eigenvalue weighted by Crippen LogP contribution is 2.24. The minimum absolute atomic E-state index is 0. The van der Waals surface area contributed by atoms with E-state index in [1.165, 1.54) is 48.4 Å². The Morgan fingerprint density at radius 2 is 2.09 bits per heavy atom. The number of nitrogens with zero attached hydrogens (tertiary/aromatic N) is 1. The highest BCUT2D eigenvalue weighted by Gasteiger charge is 2.16. The SMILES string of the molecule is COc1ccc2c(c1)CCN(CCCCc1cccs1)C2.Cl. The number of unbranched alkanes of at least 4 members (excludes halogenated alkanes) is 1. The number of hydrogen-bond donors (Lipinski definition) is 0. The Kier molecular flexibility index (Phi) is 6.74. The molecule has 0 spiro atoms. The van der Waals surface area contributed by atoms with Crippen LogP contribution < -0.4 is 4.74 Å². The van der Waals surface area contributed by atoms with Gasteiger partial charge in [-0.3, -0.25) is 4.90 Å². The van der Waals surface area contributed by atoms with Crippen LogP contribution in [0.1, 0.15) is 28.8 Å². The average molecular weight is 338 g/mol.